The Balaban J connectivity index is 1.78. The van der Waals surface area contributed by atoms with Crippen molar-refractivity contribution < 1.29 is 9.84 Å². The third-order valence-electron chi connectivity index (χ3n) is 4.91. The number of rotatable bonds is 4. The van der Waals surface area contributed by atoms with Crippen molar-refractivity contribution in [3.8, 4) is 0 Å². The molecule has 0 radical (unpaired) electrons. The first-order valence-corrected chi connectivity index (χ1v) is 8.02. The Labute approximate surface area is 118 Å². The fourth-order valence-corrected chi connectivity index (χ4v) is 3.73. The van der Waals surface area contributed by atoms with Crippen molar-refractivity contribution in [1.29, 1.82) is 0 Å². The smallest absolute Gasteiger partial charge is 0.0599 e. The van der Waals surface area contributed by atoms with Crippen LogP contribution >= 0.6 is 0 Å². The first-order valence-electron chi connectivity index (χ1n) is 8.02. The van der Waals surface area contributed by atoms with E-state index < -0.39 is 0 Å². The summed E-state index contributed by atoms with van der Waals surface area (Å²) in [7, 11) is 0. The SMILES string of the molecule is CCOC1CCN(CC2CC(C)(C)CCC2O)CC1. The molecule has 0 spiro atoms. The van der Waals surface area contributed by atoms with Crippen LogP contribution in [-0.4, -0.2) is 48.5 Å². The Morgan fingerprint density at radius 1 is 1.21 bits per heavy atom. The monoisotopic (exact) mass is 269 g/mol. The molecule has 1 saturated carbocycles. The zero-order chi connectivity index (χ0) is 13.9. The fraction of sp³-hybridized carbons (Fsp3) is 1.00. The number of ether oxygens (including phenoxy) is 1. The Hall–Kier alpha value is -0.120. The molecule has 0 bridgehead atoms. The molecule has 2 unspecified atom stereocenters. The third kappa shape index (κ3) is 4.44. The predicted molar refractivity (Wildman–Crippen MR) is 78.2 cm³/mol. The maximum atomic E-state index is 10.2. The number of hydrogen-bond donors (Lipinski definition) is 1. The minimum absolute atomic E-state index is 0.0855. The standard InChI is InChI=1S/C16H31NO2/c1-4-19-14-6-9-17(10-7-14)12-13-11-16(2,3)8-5-15(13)18/h13-15,18H,4-12H2,1-3H3. The molecule has 19 heavy (non-hydrogen) atoms. The van der Waals surface area contributed by atoms with Gasteiger partial charge >= 0.3 is 0 Å². The number of nitrogens with zero attached hydrogens (tertiary/aromatic N) is 1. The van der Waals surface area contributed by atoms with Gasteiger partial charge < -0.3 is 14.7 Å². The van der Waals surface area contributed by atoms with E-state index in [1.54, 1.807) is 0 Å². The largest absolute Gasteiger partial charge is 0.393 e. The maximum absolute atomic E-state index is 10.2. The highest BCUT2D eigenvalue weighted by Crippen LogP contribution is 2.39. The number of hydrogen-bond acceptors (Lipinski definition) is 3. The van der Waals surface area contributed by atoms with Gasteiger partial charge in [0.2, 0.25) is 0 Å². The third-order valence-corrected chi connectivity index (χ3v) is 4.91. The molecule has 1 aliphatic heterocycles. The van der Waals surface area contributed by atoms with Crippen LogP contribution in [0.15, 0.2) is 0 Å². The van der Waals surface area contributed by atoms with Crippen molar-refractivity contribution in [2.24, 2.45) is 11.3 Å². The van der Waals surface area contributed by atoms with Gasteiger partial charge in [-0.25, -0.2) is 0 Å². The van der Waals surface area contributed by atoms with Gasteiger partial charge in [-0.05, 0) is 50.4 Å². The van der Waals surface area contributed by atoms with Gasteiger partial charge in [0, 0.05) is 26.2 Å². The highest BCUT2D eigenvalue weighted by Gasteiger charge is 2.35. The summed E-state index contributed by atoms with van der Waals surface area (Å²) >= 11 is 0. The van der Waals surface area contributed by atoms with Gasteiger partial charge in [-0.3, -0.25) is 0 Å². The molecule has 2 fully saturated rings. The number of piperidine rings is 1. The lowest BCUT2D eigenvalue weighted by Crippen LogP contribution is -2.44. The van der Waals surface area contributed by atoms with E-state index in [0.717, 1.165) is 51.9 Å². The number of likely N-dealkylation sites (tertiary alicyclic amines) is 1. The fourth-order valence-electron chi connectivity index (χ4n) is 3.73. The van der Waals surface area contributed by atoms with E-state index in [9.17, 15) is 5.11 Å². The topological polar surface area (TPSA) is 32.7 Å². The van der Waals surface area contributed by atoms with Crippen LogP contribution in [0.3, 0.4) is 0 Å². The molecule has 3 nitrogen and oxygen atoms in total. The summed E-state index contributed by atoms with van der Waals surface area (Å²) in [6.45, 7) is 10.9. The summed E-state index contributed by atoms with van der Waals surface area (Å²) in [5.41, 5.74) is 0.410. The molecule has 0 aromatic heterocycles. The lowest BCUT2D eigenvalue weighted by Gasteiger charge is -2.42. The average molecular weight is 269 g/mol. The van der Waals surface area contributed by atoms with Gasteiger partial charge in [0.25, 0.3) is 0 Å². The zero-order valence-electron chi connectivity index (χ0n) is 12.9. The van der Waals surface area contributed by atoms with Gasteiger partial charge in [-0.2, -0.15) is 0 Å². The van der Waals surface area contributed by atoms with E-state index >= 15 is 0 Å². The van der Waals surface area contributed by atoms with Crippen LogP contribution in [0.25, 0.3) is 0 Å². The van der Waals surface area contributed by atoms with E-state index in [1.807, 2.05) is 0 Å². The summed E-state index contributed by atoms with van der Waals surface area (Å²) in [4.78, 5) is 2.53. The van der Waals surface area contributed by atoms with E-state index in [2.05, 4.69) is 25.7 Å². The van der Waals surface area contributed by atoms with E-state index in [1.165, 1.54) is 6.42 Å². The molecule has 1 N–H and O–H groups in total. The summed E-state index contributed by atoms with van der Waals surface area (Å²) in [5, 5.41) is 10.2. The van der Waals surface area contributed by atoms with Crippen molar-refractivity contribution in [3.63, 3.8) is 0 Å². The van der Waals surface area contributed by atoms with Crippen LogP contribution in [0.5, 0.6) is 0 Å². The molecular weight excluding hydrogens is 238 g/mol. The van der Waals surface area contributed by atoms with Crippen molar-refractivity contribution in [2.75, 3.05) is 26.2 Å². The lowest BCUT2D eigenvalue weighted by molar-refractivity contribution is -0.0195. The van der Waals surface area contributed by atoms with Gasteiger partial charge in [-0.15, -0.1) is 0 Å². The van der Waals surface area contributed by atoms with Gasteiger partial charge in [0.1, 0.15) is 0 Å². The second-order valence-electron chi connectivity index (χ2n) is 7.19. The van der Waals surface area contributed by atoms with Crippen molar-refractivity contribution >= 4 is 0 Å². The first kappa shape index (κ1) is 15.3. The summed E-state index contributed by atoms with van der Waals surface area (Å²) in [6, 6.07) is 0. The first-order chi connectivity index (χ1) is 9.00. The Kier molecular flexibility index (Phi) is 5.27. The molecule has 0 amide bonds. The predicted octanol–water partition coefficient (Wildman–Crippen LogP) is 2.67. The lowest BCUT2D eigenvalue weighted by atomic mass is 9.70. The quantitative estimate of drug-likeness (QED) is 0.851. The molecule has 2 rings (SSSR count). The van der Waals surface area contributed by atoms with Crippen LogP contribution in [0.2, 0.25) is 0 Å². The average Bonchev–Trinajstić information content (AvgIpc) is 2.36. The second kappa shape index (κ2) is 6.55. The highest BCUT2D eigenvalue weighted by molar-refractivity contribution is 4.87. The van der Waals surface area contributed by atoms with Crippen molar-refractivity contribution in [3.05, 3.63) is 0 Å². The van der Waals surface area contributed by atoms with Crippen LogP contribution in [0.4, 0.5) is 0 Å². The van der Waals surface area contributed by atoms with E-state index in [-0.39, 0.29) is 6.10 Å². The maximum Gasteiger partial charge on any atom is 0.0599 e. The van der Waals surface area contributed by atoms with Gasteiger partial charge in [0.15, 0.2) is 0 Å². The minimum Gasteiger partial charge on any atom is -0.393 e. The second-order valence-corrected chi connectivity index (χ2v) is 7.19. The molecule has 0 aromatic carbocycles. The molecule has 112 valence electrons. The molecule has 2 aliphatic rings. The summed E-state index contributed by atoms with van der Waals surface area (Å²) in [6.07, 6.45) is 6.00. The van der Waals surface area contributed by atoms with Crippen LogP contribution in [0.1, 0.15) is 52.9 Å². The molecule has 3 heteroatoms. The van der Waals surface area contributed by atoms with E-state index in [0.29, 0.717) is 17.4 Å². The molecule has 1 saturated heterocycles. The molecule has 0 aromatic rings. The van der Waals surface area contributed by atoms with Crippen LogP contribution < -0.4 is 0 Å². The van der Waals surface area contributed by atoms with Crippen LogP contribution in [-0.2, 0) is 4.74 Å². The van der Waals surface area contributed by atoms with E-state index in [4.69, 9.17) is 4.74 Å². The number of aliphatic hydroxyl groups is 1. The Morgan fingerprint density at radius 2 is 1.89 bits per heavy atom. The molecule has 1 heterocycles. The van der Waals surface area contributed by atoms with Crippen molar-refractivity contribution in [2.45, 2.75) is 65.1 Å². The summed E-state index contributed by atoms with van der Waals surface area (Å²) < 4.78 is 5.70. The zero-order valence-corrected chi connectivity index (χ0v) is 12.9. The van der Waals surface area contributed by atoms with Gasteiger partial charge in [-0.1, -0.05) is 13.8 Å². The Bertz CT molecular complexity index is 272. The number of aliphatic hydroxyl groups excluding tert-OH is 1. The highest BCUT2D eigenvalue weighted by atomic mass is 16.5. The minimum atomic E-state index is -0.0855. The van der Waals surface area contributed by atoms with Crippen molar-refractivity contribution in [1.82, 2.24) is 4.90 Å². The van der Waals surface area contributed by atoms with Crippen LogP contribution in [0, 0.1) is 11.3 Å². The normalized spacial score (nSPS) is 33.5. The Morgan fingerprint density at radius 3 is 2.53 bits per heavy atom. The molecular formula is C16H31NO2. The summed E-state index contributed by atoms with van der Waals surface area (Å²) in [5.74, 6) is 0.465. The van der Waals surface area contributed by atoms with Gasteiger partial charge in [0.05, 0.1) is 12.2 Å². The molecule has 1 aliphatic carbocycles. The molecule has 2 atom stereocenters.